The quantitative estimate of drug-likeness (QED) is 0.838. The summed E-state index contributed by atoms with van der Waals surface area (Å²) in [6.45, 7) is 4.40. The monoisotopic (exact) mass is 270 g/mol. The number of amides is 1. The number of carbonyl (C=O) groups excluding carboxylic acids is 1. The highest BCUT2D eigenvalue weighted by molar-refractivity contribution is 6.05. The first kappa shape index (κ1) is 13.9. The van der Waals surface area contributed by atoms with Crippen LogP contribution in [-0.2, 0) is 0 Å². The van der Waals surface area contributed by atoms with Crippen LogP contribution in [0, 0.1) is 6.92 Å². The number of ether oxygens (including phenoxy) is 1. The van der Waals surface area contributed by atoms with Crippen molar-refractivity contribution in [3.8, 4) is 5.75 Å². The van der Waals surface area contributed by atoms with Crippen LogP contribution in [-0.4, -0.2) is 12.5 Å². The van der Waals surface area contributed by atoms with Gasteiger partial charge in [0.2, 0.25) is 0 Å². The molecule has 0 radical (unpaired) electrons. The van der Waals surface area contributed by atoms with E-state index in [2.05, 4.69) is 5.32 Å². The fourth-order valence-electron chi connectivity index (χ4n) is 1.90. The normalized spacial score (nSPS) is 10.1. The maximum Gasteiger partial charge on any atom is 0.255 e. The number of hydrogen-bond acceptors (Lipinski definition) is 3. The molecule has 1 amide bonds. The highest BCUT2D eigenvalue weighted by Crippen LogP contribution is 2.23. The summed E-state index contributed by atoms with van der Waals surface area (Å²) in [6, 6.07) is 12.7. The maximum atomic E-state index is 12.1. The van der Waals surface area contributed by atoms with Crippen LogP contribution in [0.15, 0.2) is 42.5 Å². The molecule has 0 fully saturated rings. The smallest absolute Gasteiger partial charge is 0.255 e. The third-order valence-electron chi connectivity index (χ3n) is 2.85. The molecular weight excluding hydrogens is 252 g/mol. The van der Waals surface area contributed by atoms with E-state index in [1.165, 1.54) is 0 Å². The van der Waals surface area contributed by atoms with E-state index in [0.717, 1.165) is 11.3 Å². The predicted octanol–water partition coefficient (Wildman–Crippen LogP) is 3.23. The minimum absolute atomic E-state index is 0.189. The molecule has 0 aliphatic carbocycles. The lowest BCUT2D eigenvalue weighted by Gasteiger charge is -2.09. The number of rotatable bonds is 4. The van der Waals surface area contributed by atoms with Gasteiger partial charge in [0.05, 0.1) is 12.3 Å². The van der Waals surface area contributed by atoms with Crippen LogP contribution in [0.3, 0.4) is 0 Å². The largest absolute Gasteiger partial charge is 0.492 e. The lowest BCUT2D eigenvalue weighted by Crippen LogP contribution is -2.12. The Bertz CT molecular complexity index is 624. The van der Waals surface area contributed by atoms with Gasteiger partial charge in [-0.05, 0) is 49.7 Å². The Morgan fingerprint density at radius 2 is 2.05 bits per heavy atom. The molecule has 0 aliphatic heterocycles. The molecule has 0 aliphatic rings. The molecule has 3 N–H and O–H groups in total. The zero-order chi connectivity index (χ0) is 14.5. The highest BCUT2D eigenvalue weighted by Gasteiger charge is 2.09. The van der Waals surface area contributed by atoms with E-state index < -0.39 is 0 Å². The van der Waals surface area contributed by atoms with E-state index in [-0.39, 0.29) is 5.91 Å². The van der Waals surface area contributed by atoms with Crippen molar-refractivity contribution in [3.05, 3.63) is 53.6 Å². The van der Waals surface area contributed by atoms with Crippen LogP contribution < -0.4 is 15.8 Å². The van der Waals surface area contributed by atoms with Crippen molar-refractivity contribution in [2.45, 2.75) is 13.8 Å². The molecule has 2 rings (SSSR count). The summed E-state index contributed by atoms with van der Waals surface area (Å²) in [5.74, 6) is 0.407. The van der Waals surface area contributed by atoms with Gasteiger partial charge in [0.15, 0.2) is 0 Å². The van der Waals surface area contributed by atoms with Crippen molar-refractivity contribution >= 4 is 17.3 Å². The molecule has 0 atom stereocenters. The molecule has 104 valence electrons. The number of hydrogen-bond donors (Lipinski definition) is 2. The average Bonchev–Trinajstić information content (AvgIpc) is 2.41. The molecule has 20 heavy (non-hydrogen) atoms. The lowest BCUT2D eigenvalue weighted by atomic mass is 10.1. The number of benzene rings is 2. The number of nitrogens with one attached hydrogen (secondary N) is 1. The van der Waals surface area contributed by atoms with E-state index in [1.807, 2.05) is 38.1 Å². The number of nitrogens with two attached hydrogens (primary N) is 1. The fraction of sp³-hybridized carbons (Fsp3) is 0.188. The van der Waals surface area contributed by atoms with E-state index in [0.29, 0.717) is 23.6 Å². The molecule has 0 unspecified atom stereocenters. The van der Waals surface area contributed by atoms with Crippen LogP contribution in [0.1, 0.15) is 22.8 Å². The van der Waals surface area contributed by atoms with Crippen molar-refractivity contribution < 1.29 is 9.53 Å². The SMILES string of the molecule is CCOc1ccc(C(=O)Nc2cccc(C)c2)cc1N. The molecule has 0 saturated heterocycles. The van der Waals surface area contributed by atoms with Crippen LogP contribution in [0.25, 0.3) is 0 Å². The van der Waals surface area contributed by atoms with Crippen LogP contribution in [0.2, 0.25) is 0 Å². The van der Waals surface area contributed by atoms with E-state index >= 15 is 0 Å². The molecule has 4 nitrogen and oxygen atoms in total. The van der Waals surface area contributed by atoms with Crippen molar-refractivity contribution in [3.63, 3.8) is 0 Å². The summed E-state index contributed by atoms with van der Waals surface area (Å²) in [6.07, 6.45) is 0. The van der Waals surface area contributed by atoms with Gasteiger partial charge in [0, 0.05) is 11.3 Å². The molecule has 4 heteroatoms. The summed E-state index contributed by atoms with van der Waals surface area (Å²) in [7, 11) is 0. The molecular formula is C16H18N2O2. The third kappa shape index (κ3) is 3.29. The maximum absolute atomic E-state index is 12.1. The number of aryl methyl sites for hydroxylation is 1. The van der Waals surface area contributed by atoms with Gasteiger partial charge in [-0.3, -0.25) is 4.79 Å². The minimum Gasteiger partial charge on any atom is -0.492 e. The zero-order valence-electron chi connectivity index (χ0n) is 11.6. The molecule has 0 aromatic heterocycles. The summed E-state index contributed by atoms with van der Waals surface area (Å²) in [4.78, 5) is 12.1. The number of carbonyl (C=O) groups is 1. The zero-order valence-corrected chi connectivity index (χ0v) is 11.6. The summed E-state index contributed by atoms with van der Waals surface area (Å²) in [5.41, 5.74) is 8.68. The molecule has 2 aromatic carbocycles. The van der Waals surface area contributed by atoms with Gasteiger partial charge in [-0.15, -0.1) is 0 Å². The highest BCUT2D eigenvalue weighted by atomic mass is 16.5. The second kappa shape index (κ2) is 6.10. The second-order valence-corrected chi connectivity index (χ2v) is 4.51. The fourth-order valence-corrected chi connectivity index (χ4v) is 1.90. The Morgan fingerprint density at radius 1 is 1.25 bits per heavy atom. The van der Waals surface area contributed by atoms with Crippen molar-refractivity contribution in [1.29, 1.82) is 0 Å². The van der Waals surface area contributed by atoms with E-state index in [1.54, 1.807) is 18.2 Å². The first-order chi connectivity index (χ1) is 9.60. The molecule has 0 heterocycles. The molecule has 0 bridgehead atoms. The predicted molar refractivity (Wildman–Crippen MR) is 81.2 cm³/mol. The van der Waals surface area contributed by atoms with Crippen molar-refractivity contribution in [1.82, 2.24) is 0 Å². The van der Waals surface area contributed by atoms with Crippen molar-refractivity contribution in [2.75, 3.05) is 17.7 Å². The topological polar surface area (TPSA) is 64.3 Å². The van der Waals surface area contributed by atoms with Gasteiger partial charge in [0.1, 0.15) is 5.75 Å². The standard InChI is InChI=1S/C16H18N2O2/c1-3-20-15-8-7-12(10-14(15)17)16(19)18-13-6-4-5-11(2)9-13/h4-10H,3,17H2,1-2H3,(H,18,19). The Morgan fingerprint density at radius 3 is 2.70 bits per heavy atom. The molecule has 2 aromatic rings. The number of nitrogen functional groups attached to an aromatic ring is 1. The first-order valence-corrected chi connectivity index (χ1v) is 6.50. The molecule has 0 spiro atoms. The number of anilines is 2. The van der Waals surface area contributed by atoms with Gasteiger partial charge >= 0.3 is 0 Å². The second-order valence-electron chi connectivity index (χ2n) is 4.51. The Balaban J connectivity index is 2.15. The Kier molecular flexibility index (Phi) is 4.25. The van der Waals surface area contributed by atoms with E-state index in [9.17, 15) is 4.79 Å². The van der Waals surface area contributed by atoms with Crippen LogP contribution in [0.4, 0.5) is 11.4 Å². The molecule has 0 saturated carbocycles. The van der Waals surface area contributed by atoms with Gasteiger partial charge in [-0.2, -0.15) is 0 Å². The van der Waals surface area contributed by atoms with Crippen LogP contribution in [0.5, 0.6) is 5.75 Å². The summed E-state index contributed by atoms with van der Waals surface area (Å²) < 4.78 is 5.35. The third-order valence-corrected chi connectivity index (χ3v) is 2.85. The van der Waals surface area contributed by atoms with Crippen LogP contribution >= 0.6 is 0 Å². The average molecular weight is 270 g/mol. The minimum atomic E-state index is -0.189. The van der Waals surface area contributed by atoms with Gasteiger partial charge in [-0.1, -0.05) is 12.1 Å². The Labute approximate surface area is 118 Å². The van der Waals surface area contributed by atoms with Gasteiger partial charge in [-0.25, -0.2) is 0 Å². The van der Waals surface area contributed by atoms with E-state index in [4.69, 9.17) is 10.5 Å². The van der Waals surface area contributed by atoms with Crippen molar-refractivity contribution in [2.24, 2.45) is 0 Å². The summed E-state index contributed by atoms with van der Waals surface area (Å²) >= 11 is 0. The lowest BCUT2D eigenvalue weighted by molar-refractivity contribution is 0.102. The Hall–Kier alpha value is -2.49. The van der Waals surface area contributed by atoms with Gasteiger partial charge in [0.25, 0.3) is 5.91 Å². The first-order valence-electron chi connectivity index (χ1n) is 6.50. The summed E-state index contributed by atoms with van der Waals surface area (Å²) in [5, 5.41) is 2.84. The van der Waals surface area contributed by atoms with Gasteiger partial charge < -0.3 is 15.8 Å².